The summed E-state index contributed by atoms with van der Waals surface area (Å²) in [6.07, 6.45) is 1.09. The fraction of sp³-hybridized carbons (Fsp3) is 0.333. The molecule has 0 aliphatic heterocycles. The smallest absolute Gasteiger partial charge is 0.261 e. The molecule has 0 saturated heterocycles. The number of amidine groups is 1. The quantitative estimate of drug-likeness (QED) is 0.239. The van der Waals surface area contributed by atoms with Gasteiger partial charge in [-0.05, 0) is 44.3 Å². The maximum atomic E-state index is 11.7. The maximum absolute atomic E-state index is 11.7. The Morgan fingerprint density at radius 2 is 2.29 bits per heavy atom. The summed E-state index contributed by atoms with van der Waals surface area (Å²) in [4.78, 5) is 12.3. The zero-order valence-corrected chi connectivity index (χ0v) is 12.7. The van der Waals surface area contributed by atoms with E-state index < -0.39 is 0 Å². The molecule has 1 aromatic heterocycles. The van der Waals surface area contributed by atoms with Crippen LogP contribution in [0, 0.1) is 0 Å². The third-order valence-electron chi connectivity index (χ3n) is 1.89. The minimum absolute atomic E-state index is 0.124. The van der Waals surface area contributed by atoms with Crippen LogP contribution in [0.4, 0.5) is 0 Å². The summed E-state index contributed by atoms with van der Waals surface area (Å²) >= 11 is 8.00. The molecular weight excluding hydrogens is 374 g/mol. The number of carbonyl (C=O) groups excluding carboxylic acids is 1. The molecule has 0 bridgehead atoms. The highest BCUT2D eigenvalue weighted by atomic mass is 79.9. The number of hydrogen-bond donors (Lipinski definition) is 3. The van der Waals surface area contributed by atoms with Gasteiger partial charge in [-0.3, -0.25) is 4.79 Å². The molecule has 1 amide bonds. The molecule has 5 nitrogen and oxygen atoms in total. The number of halogens is 2. The van der Waals surface area contributed by atoms with E-state index in [1.165, 1.54) is 11.3 Å². The summed E-state index contributed by atoms with van der Waals surface area (Å²) in [5, 5.41) is 13.9. The summed E-state index contributed by atoms with van der Waals surface area (Å²) in [6.45, 7) is 0.488. The van der Waals surface area contributed by atoms with E-state index in [1.54, 1.807) is 6.07 Å². The Hall–Kier alpha value is -0.600. The highest BCUT2D eigenvalue weighted by Gasteiger charge is 2.11. The number of hydrogen-bond acceptors (Lipinski definition) is 4. The minimum Gasteiger partial charge on any atom is -0.409 e. The Morgan fingerprint density at radius 3 is 2.82 bits per heavy atom. The largest absolute Gasteiger partial charge is 0.409 e. The van der Waals surface area contributed by atoms with Crippen molar-refractivity contribution in [2.24, 2.45) is 10.9 Å². The summed E-state index contributed by atoms with van der Waals surface area (Å²) in [5.41, 5.74) is 5.30. The van der Waals surface area contributed by atoms with Crippen molar-refractivity contribution < 1.29 is 10.0 Å². The minimum atomic E-state index is -0.124. The van der Waals surface area contributed by atoms with E-state index in [0.717, 1.165) is 8.26 Å². The summed E-state index contributed by atoms with van der Waals surface area (Å²) < 4.78 is 1.75. The van der Waals surface area contributed by atoms with E-state index in [0.29, 0.717) is 24.3 Å². The van der Waals surface area contributed by atoms with Gasteiger partial charge in [0, 0.05) is 17.4 Å². The molecule has 0 radical (unpaired) electrons. The van der Waals surface area contributed by atoms with Crippen LogP contribution in [-0.4, -0.2) is 23.5 Å². The standard InChI is InChI=1S/C9H11Br2N3O2S/c10-5-4-6(17-8(5)11)9(15)13-3-1-2-7(12)14-16/h4,16H,1-3H2,(H2,12,14)(H,13,15). The lowest BCUT2D eigenvalue weighted by atomic mass is 10.3. The van der Waals surface area contributed by atoms with Gasteiger partial charge in [-0.25, -0.2) is 0 Å². The molecule has 1 aromatic rings. The average Bonchev–Trinajstić information content (AvgIpc) is 2.64. The number of nitrogens with two attached hydrogens (primary N) is 1. The zero-order chi connectivity index (χ0) is 12.8. The first kappa shape index (κ1) is 14.5. The lowest BCUT2D eigenvalue weighted by Crippen LogP contribution is -2.24. The van der Waals surface area contributed by atoms with Gasteiger partial charge in [0.1, 0.15) is 5.84 Å². The summed E-state index contributed by atoms with van der Waals surface area (Å²) in [6, 6.07) is 1.76. The van der Waals surface area contributed by atoms with Gasteiger partial charge in [-0.1, -0.05) is 5.16 Å². The second-order valence-electron chi connectivity index (χ2n) is 3.18. The van der Waals surface area contributed by atoms with Crippen molar-refractivity contribution >= 4 is 54.9 Å². The molecule has 0 aliphatic carbocycles. The number of rotatable bonds is 5. The van der Waals surface area contributed by atoms with Crippen molar-refractivity contribution in [2.45, 2.75) is 12.8 Å². The SMILES string of the molecule is NC(CCCNC(=O)c1cc(Br)c(Br)s1)=NO. The van der Waals surface area contributed by atoms with E-state index >= 15 is 0 Å². The molecule has 17 heavy (non-hydrogen) atoms. The topological polar surface area (TPSA) is 87.7 Å². The van der Waals surface area contributed by atoms with E-state index in [4.69, 9.17) is 10.9 Å². The molecule has 0 fully saturated rings. The Bertz CT molecular complexity index is 414. The summed E-state index contributed by atoms with van der Waals surface area (Å²) in [5.74, 6) is 0.0433. The first-order valence-electron chi connectivity index (χ1n) is 4.74. The van der Waals surface area contributed by atoms with Crippen LogP contribution in [0.3, 0.4) is 0 Å². The second kappa shape index (κ2) is 6.97. The molecule has 0 aromatic carbocycles. The van der Waals surface area contributed by atoms with E-state index in [2.05, 4.69) is 42.3 Å². The van der Waals surface area contributed by atoms with Crippen molar-refractivity contribution in [3.8, 4) is 0 Å². The molecule has 8 heteroatoms. The van der Waals surface area contributed by atoms with Gasteiger partial charge in [0.05, 0.1) is 8.66 Å². The van der Waals surface area contributed by atoms with Crippen LogP contribution in [0.2, 0.25) is 0 Å². The molecule has 94 valence electrons. The zero-order valence-electron chi connectivity index (χ0n) is 8.74. The van der Waals surface area contributed by atoms with Crippen LogP contribution in [0.15, 0.2) is 19.5 Å². The van der Waals surface area contributed by atoms with Gasteiger partial charge in [0.2, 0.25) is 0 Å². The highest BCUT2D eigenvalue weighted by molar-refractivity contribution is 9.13. The number of carbonyl (C=O) groups is 1. The van der Waals surface area contributed by atoms with Gasteiger partial charge < -0.3 is 16.3 Å². The van der Waals surface area contributed by atoms with E-state index in [9.17, 15) is 4.79 Å². The lowest BCUT2D eigenvalue weighted by Gasteiger charge is -2.02. The third-order valence-corrected chi connectivity index (χ3v) is 5.15. The van der Waals surface area contributed by atoms with E-state index in [1.807, 2.05) is 0 Å². The molecule has 0 unspecified atom stereocenters. The van der Waals surface area contributed by atoms with E-state index in [-0.39, 0.29) is 11.7 Å². The number of nitrogens with zero attached hydrogens (tertiary/aromatic N) is 1. The van der Waals surface area contributed by atoms with Crippen LogP contribution in [0.5, 0.6) is 0 Å². The fourth-order valence-electron chi connectivity index (χ4n) is 1.07. The number of amides is 1. The van der Waals surface area contributed by atoms with Gasteiger partial charge in [0.15, 0.2) is 0 Å². The third kappa shape index (κ3) is 4.64. The maximum Gasteiger partial charge on any atom is 0.261 e. The van der Waals surface area contributed by atoms with Gasteiger partial charge in [0.25, 0.3) is 5.91 Å². The predicted molar refractivity (Wildman–Crippen MR) is 74.7 cm³/mol. The summed E-state index contributed by atoms with van der Waals surface area (Å²) in [7, 11) is 0. The highest BCUT2D eigenvalue weighted by Crippen LogP contribution is 2.32. The molecule has 0 spiro atoms. The van der Waals surface area contributed by atoms with Gasteiger partial charge in [-0.15, -0.1) is 11.3 Å². The van der Waals surface area contributed by atoms with Crippen molar-refractivity contribution in [3.05, 3.63) is 19.2 Å². The van der Waals surface area contributed by atoms with Crippen LogP contribution in [0.25, 0.3) is 0 Å². The van der Waals surface area contributed by atoms with Crippen LogP contribution >= 0.6 is 43.2 Å². The van der Waals surface area contributed by atoms with Crippen molar-refractivity contribution in [3.63, 3.8) is 0 Å². The Morgan fingerprint density at radius 1 is 1.59 bits per heavy atom. The fourth-order valence-corrected chi connectivity index (χ4v) is 3.02. The normalized spacial score (nSPS) is 11.5. The van der Waals surface area contributed by atoms with Gasteiger partial charge >= 0.3 is 0 Å². The van der Waals surface area contributed by atoms with Crippen molar-refractivity contribution in [2.75, 3.05) is 6.54 Å². The van der Waals surface area contributed by atoms with Crippen LogP contribution < -0.4 is 11.1 Å². The number of nitrogens with one attached hydrogen (secondary N) is 1. The lowest BCUT2D eigenvalue weighted by molar-refractivity contribution is 0.0957. The molecular formula is C9H11Br2N3O2S. The average molecular weight is 385 g/mol. The Balaban J connectivity index is 2.35. The van der Waals surface area contributed by atoms with Crippen LogP contribution in [-0.2, 0) is 0 Å². The molecule has 0 atom stereocenters. The second-order valence-corrected chi connectivity index (χ2v) is 6.41. The molecule has 0 saturated carbocycles. The molecule has 1 rings (SSSR count). The van der Waals surface area contributed by atoms with Crippen molar-refractivity contribution in [1.29, 1.82) is 0 Å². The molecule has 0 aliphatic rings. The van der Waals surface area contributed by atoms with Gasteiger partial charge in [-0.2, -0.15) is 0 Å². The molecule has 1 heterocycles. The molecule has 4 N–H and O–H groups in total. The predicted octanol–water partition coefficient (Wildman–Crippen LogP) is 2.53. The number of thiophene rings is 1. The monoisotopic (exact) mass is 383 g/mol. The Labute approximate surface area is 119 Å². The number of oxime groups is 1. The first-order chi connectivity index (χ1) is 8.04. The van der Waals surface area contributed by atoms with Crippen LogP contribution in [0.1, 0.15) is 22.5 Å². The first-order valence-corrected chi connectivity index (χ1v) is 7.14. The van der Waals surface area contributed by atoms with Crippen molar-refractivity contribution in [1.82, 2.24) is 5.32 Å². The Kier molecular flexibility index (Phi) is 5.93.